The number of methoxy groups -OCH3 is 2. The molecule has 0 unspecified atom stereocenters. The number of hydrogen-bond acceptors (Lipinski definition) is 7. The number of carbonyl (C=O) groups is 2. The van der Waals surface area contributed by atoms with Crippen LogP contribution in [-0.2, 0) is 4.74 Å². The zero-order valence-electron chi connectivity index (χ0n) is 14.6. The Kier molecular flexibility index (Phi) is 4.83. The van der Waals surface area contributed by atoms with Crippen molar-refractivity contribution >= 4 is 17.4 Å². The van der Waals surface area contributed by atoms with Crippen molar-refractivity contribution in [2.45, 2.75) is 6.92 Å². The summed E-state index contributed by atoms with van der Waals surface area (Å²) in [7, 11) is 2.97. The molecule has 0 bridgehead atoms. The van der Waals surface area contributed by atoms with Crippen LogP contribution in [0.5, 0.6) is 11.5 Å². The minimum Gasteiger partial charge on any atom is -0.497 e. The summed E-state index contributed by atoms with van der Waals surface area (Å²) in [5.41, 5.74) is 1.39. The van der Waals surface area contributed by atoms with E-state index in [9.17, 15) is 9.59 Å². The molecular weight excluding hydrogens is 338 g/mol. The number of benzene rings is 1. The molecule has 3 rings (SSSR count). The standard InChI is InChI=1S/C18H17N3O5/c1-11-16(17-19-7-4-8-21(17)20-11)18(23)26-10-14(22)13-6-5-12(24-2)9-15(13)25-3/h4-9H,10H2,1-3H3. The minimum atomic E-state index is -0.656. The van der Waals surface area contributed by atoms with Gasteiger partial charge in [-0.3, -0.25) is 4.79 Å². The number of nitrogens with zero attached hydrogens (tertiary/aromatic N) is 3. The third-order valence-corrected chi connectivity index (χ3v) is 3.82. The maximum atomic E-state index is 12.4. The van der Waals surface area contributed by atoms with Crippen LogP contribution < -0.4 is 9.47 Å². The van der Waals surface area contributed by atoms with Crippen LogP contribution in [0.25, 0.3) is 5.65 Å². The van der Waals surface area contributed by atoms with Gasteiger partial charge in [-0.05, 0) is 25.1 Å². The number of hydrogen-bond donors (Lipinski definition) is 0. The zero-order valence-corrected chi connectivity index (χ0v) is 14.6. The molecule has 26 heavy (non-hydrogen) atoms. The quantitative estimate of drug-likeness (QED) is 0.494. The Morgan fingerprint density at radius 1 is 1.19 bits per heavy atom. The first-order valence-corrected chi connectivity index (χ1v) is 7.77. The van der Waals surface area contributed by atoms with Crippen LogP contribution in [0.3, 0.4) is 0 Å². The van der Waals surface area contributed by atoms with Crippen LogP contribution in [0.1, 0.15) is 26.4 Å². The Hall–Kier alpha value is -3.42. The molecule has 8 heteroatoms. The number of carbonyl (C=O) groups excluding carboxylic acids is 2. The van der Waals surface area contributed by atoms with Crippen molar-refractivity contribution in [3.05, 3.63) is 53.5 Å². The number of aryl methyl sites for hydroxylation is 1. The topological polar surface area (TPSA) is 92.0 Å². The number of ketones is 1. The Balaban J connectivity index is 1.77. The lowest BCUT2D eigenvalue weighted by Crippen LogP contribution is -2.15. The van der Waals surface area contributed by atoms with E-state index in [1.807, 2.05) is 0 Å². The third kappa shape index (κ3) is 3.21. The fraction of sp³-hybridized carbons (Fsp3) is 0.222. The van der Waals surface area contributed by atoms with Crippen LogP contribution in [-0.4, -0.2) is 47.2 Å². The number of Topliss-reactive ketones (excluding diaryl/α,β-unsaturated/α-hetero) is 1. The molecule has 8 nitrogen and oxygen atoms in total. The molecule has 0 radical (unpaired) electrons. The van der Waals surface area contributed by atoms with Gasteiger partial charge in [0.1, 0.15) is 17.1 Å². The molecule has 0 amide bonds. The van der Waals surface area contributed by atoms with E-state index < -0.39 is 12.6 Å². The van der Waals surface area contributed by atoms with Crippen molar-refractivity contribution in [2.75, 3.05) is 20.8 Å². The molecule has 0 fully saturated rings. The largest absolute Gasteiger partial charge is 0.497 e. The molecule has 1 aromatic carbocycles. The molecule has 0 aliphatic rings. The molecule has 0 aliphatic carbocycles. The average Bonchev–Trinajstić information content (AvgIpc) is 3.00. The first-order valence-electron chi connectivity index (χ1n) is 7.77. The smallest absolute Gasteiger partial charge is 0.344 e. The molecule has 0 aliphatic heterocycles. The first kappa shape index (κ1) is 17.4. The maximum absolute atomic E-state index is 12.4. The zero-order chi connectivity index (χ0) is 18.7. The Morgan fingerprint density at radius 2 is 2.00 bits per heavy atom. The highest BCUT2D eigenvalue weighted by atomic mass is 16.5. The van der Waals surface area contributed by atoms with E-state index in [1.165, 1.54) is 18.7 Å². The van der Waals surface area contributed by atoms with Crippen LogP contribution in [0.4, 0.5) is 0 Å². The van der Waals surface area contributed by atoms with Gasteiger partial charge in [0.25, 0.3) is 0 Å². The van der Waals surface area contributed by atoms with Crippen molar-refractivity contribution in [2.24, 2.45) is 0 Å². The van der Waals surface area contributed by atoms with Gasteiger partial charge in [-0.2, -0.15) is 5.10 Å². The summed E-state index contributed by atoms with van der Waals surface area (Å²) in [4.78, 5) is 29.0. The van der Waals surface area contributed by atoms with Gasteiger partial charge in [0.15, 0.2) is 12.3 Å². The lowest BCUT2D eigenvalue weighted by molar-refractivity contribution is 0.0475. The monoisotopic (exact) mass is 355 g/mol. The molecule has 0 atom stereocenters. The molecule has 0 saturated heterocycles. The van der Waals surface area contributed by atoms with Crippen LogP contribution >= 0.6 is 0 Å². The fourth-order valence-corrected chi connectivity index (χ4v) is 2.55. The van der Waals surface area contributed by atoms with Gasteiger partial charge in [-0.1, -0.05) is 0 Å². The molecular formula is C18H17N3O5. The second-order valence-corrected chi connectivity index (χ2v) is 5.41. The van der Waals surface area contributed by atoms with Gasteiger partial charge in [-0.25, -0.2) is 14.3 Å². The van der Waals surface area contributed by atoms with Gasteiger partial charge < -0.3 is 14.2 Å². The predicted molar refractivity (Wildman–Crippen MR) is 91.9 cm³/mol. The van der Waals surface area contributed by atoms with Gasteiger partial charge in [0.05, 0.1) is 25.5 Å². The predicted octanol–water partition coefficient (Wildman–Crippen LogP) is 2.09. The maximum Gasteiger partial charge on any atom is 0.344 e. The molecule has 0 saturated carbocycles. The summed E-state index contributed by atoms with van der Waals surface area (Å²) in [6.45, 7) is 1.25. The Morgan fingerprint density at radius 3 is 2.73 bits per heavy atom. The molecule has 134 valence electrons. The van der Waals surface area contributed by atoms with Gasteiger partial charge >= 0.3 is 5.97 Å². The van der Waals surface area contributed by atoms with E-state index in [0.29, 0.717) is 28.4 Å². The summed E-state index contributed by atoms with van der Waals surface area (Å²) >= 11 is 0. The average molecular weight is 355 g/mol. The second-order valence-electron chi connectivity index (χ2n) is 5.41. The molecule has 2 aromatic heterocycles. The molecule has 0 N–H and O–H groups in total. The third-order valence-electron chi connectivity index (χ3n) is 3.82. The number of rotatable bonds is 6. The Bertz CT molecular complexity index is 980. The van der Waals surface area contributed by atoms with Crippen molar-refractivity contribution < 1.29 is 23.8 Å². The summed E-state index contributed by atoms with van der Waals surface area (Å²) in [5.74, 6) is -0.139. The summed E-state index contributed by atoms with van der Waals surface area (Å²) in [6, 6.07) is 6.50. The Labute approximate surface area is 149 Å². The number of esters is 1. The SMILES string of the molecule is COc1ccc(C(=O)COC(=O)c2c(C)nn3cccnc23)c(OC)c1. The summed E-state index contributed by atoms with van der Waals surface area (Å²) in [6.07, 6.45) is 3.24. The van der Waals surface area contributed by atoms with Gasteiger partial charge in [0, 0.05) is 18.5 Å². The van der Waals surface area contributed by atoms with E-state index in [4.69, 9.17) is 14.2 Å². The van der Waals surface area contributed by atoms with Crippen molar-refractivity contribution in [1.29, 1.82) is 0 Å². The van der Waals surface area contributed by atoms with Crippen LogP contribution in [0, 0.1) is 6.92 Å². The molecule has 2 heterocycles. The van der Waals surface area contributed by atoms with Gasteiger partial charge in [-0.15, -0.1) is 0 Å². The summed E-state index contributed by atoms with van der Waals surface area (Å²) < 4.78 is 17.0. The highest BCUT2D eigenvalue weighted by Crippen LogP contribution is 2.25. The van der Waals surface area contributed by atoms with Crippen molar-refractivity contribution in [1.82, 2.24) is 14.6 Å². The molecule has 3 aromatic rings. The number of fused-ring (bicyclic) bond motifs is 1. The number of aromatic nitrogens is 3. The molecule has 0 spiro atoms. The first-order chi connectivity index (χ1) is 12.5. The van der Waals surface area contributed by atoms with Crippen molar-refractivity contribution in [3.8, 4) is 11.5 Å². The van der Waals surface area contributed by atoms with Gasteiger partial charge in [0.2, 0.25) is 5.78 Å². The van der Waals surface area contributed by atoms with Crippen molar-refractivity contribution in [3.63, 3.8) is 0 Å². The van der Waals surface area contributed by atoms with E-state index in [1.54, 1.807) is 43.6 Å². The summed E-state index contributed by atoms with van der Waals surface area (Å²) in [5, 5.41) is 4.20. The van der Waals surface area contributed by atoms with E-state index in [2.05, 4.69) is 10.1 Å². The van der Waals surface area contributed by atoms with E-state index >= 15 is 0 Å². The lowest BCUT2D eigenvalue weighted by atomic mass is 10.1. The minimum absolute atomic E-state index is 0.236. The van der Waals surface area contributed by atoms with E-state index in [0.717, 1.165) is 0 Å². The second kappa shape index (κ2) is 7.22. The number of ether oxygens (including phenoxy) is 3. The van der Waals surface area contributed by atoms with Crippen LogP contribution in [0.2, 0.25) is 0 Å². The normalized spacial score (nSPS) is 10.6. The lowest BCUT2D eigenvalue weighted by Gasteiger charge is -2.10. The highest BCUT2D eigenvalue weighted by molar-refractivity contribution is 6.03. The highest BCUT2D eigenvalue weighted by Gasteiger charge is 2.21. The van der Waals surface area contributed by atoms with Crippen LogP contribution in [0.15, 0.2) is 36.7 Å². The van der Waals surface area contributed by atoms with E-state index in [-0.39, 0.29) is 11.3 Å². The fourth-order valence-electron chi connectivity index (χ4n) is 2.55.